The predicted octanol–water partition coefficient (Wildman–Crippen LogP) is -4.05. The number of anilines is 2. The second-order valence-electron chi connectivity index (χ2n) is 13.1. The first-order valence-electron chi connectivity index (χ1n) is 18.0. The number of aromatic nitrogens is 8. The van der Waals surface area contributed by atoms with Gasteiger partial charge in [0.1, 0.15) is 24.0 Å². The molecule has 70 heavy (non-hydrogen) atoms. The standard InChI is InChI=1S/C12H12FN5O3.C7H11O7P.C7H10O3.C5H4FN5.H3NP2.2HO4P/c1-2-12(4-19)6(20)3-7(21-12)18-5-15-8-9(14)16-11(13)17-10(8)18;1-2-7(4-8)5(9)3-6(13-7)14-15(10,11)12;1-3-7(2)5(8)4-6(9)10-7;6-5-10-3(7)2-4(11-5)9-1-8-2;1-3-2;2*1-4-5(2)3/h1,5-7,19-20H,3-4H2,(H2,14,16,17);1,5-6,8-9H,3-4H2,(H2,10,11,12);1,5-6,8-9H,4H2,2H3;1H,(H3,7,8,9,10,11);1H,2H2;2*1H/p-2/t6-,7+,12+;5-,6?,7+;5-,6?,7-;;;;/m000..../s1. The van der Waals surface area contributed by atoms with E-state index in [9.17, 15) is 38.7 Å². The molecule has 386 valence electrons. The first-order chi connectivity index (χ1) is 32.6. The van der Waals surface area contributed by atoms with Gasteiger partial charge in [-0.3, -0.25) is 18.8 Å². The second-order valence-corrected chi connectivity index (χ2v) is 16.5. The molecule has 3 aliphatic heterocycles. The fourth-order valence-electron chi connectivity index (χ4n) is 5.41. The van der Waals surface area contributed by atoms with Gasteiger partial charge in [-0.1, -0.05) is 26.7 Å². The van der Waals surface area contributed by atoms with E-state index in [-0.39, 0.29) is 47.7 Å². The van der Waals surface area contributed by atoms with Gasteiger partial charge in [0.25, 0.3) is 7.82 Å². The summed E-state index contributed by atoms with van der Waals surface area (Å²) in [5.41, 5.74) is 7.79. The van der Waals surface area contributed by atoms with E-state index in [1.54, 1.807) is 6.92 Å². The van der Waals surface area contributed by atoms with Gasteiger partial charge in [0.2, 0.25) is 0 Å². The van der Waals surface area contributed by atoms with Gasteiger partial charge in [0.15, 0.2) is 57.8 Å². The van der Waals surface area contributed by atoms with Gasteiger partial charge in [0, 0.05) is 32.0 Å². The molecule has 32 nitrogen and oxygen atoms in total. The number of nitrogens with two attached hydrogens (primary N) is 2. The summed E-state index contributed by atoms with van der Waals surface area (Å²) in [6.45, 7) is 0.353. The molecule has 0 spiro atoms. The van der Waals surface area contributed by atoms with E-state index in [0.717, 1.165) is 0 Å². The summed E-state index contributed by atoms with van der Waals surface area (Å²) < 4.78 is 79.8. The molecule has 6 unspecified atom stereocenters. The number of H-pyrrole nitrogens is 1. The number of rotatable bonds is 7. The number of phosphoric acid groups is 1. The number of aliphatic hydroxyl groups is 6. The number of hydrogen-bond donors (Lipinski definition) is 12. The van der Waals surface area contributed by atoms with E-state index in [2.05, 4.69) is 69.5 Å². The minimum Gasteiger partial charge on any atom is -0.756 e. The zero-order chi connectivity index (χ0) is 53.8. The van der Waals surface area contributed by atoms with Crippen LogP contribution in [-0.2, 0) is 41.8 Å². The number of aromatic amines is 1. The number of halogens is 2. The zero-order valence-corrected chi connectivity index (χ0v) is 39.9. The van der Waals surface area contributed by atoms with Gasteiger partial charge in [-0.15, -0.1) is 19.3 Å². The fourth-order valence-corrected chi connectivity index (χ4v) is 5.84. The summed E-state index contributed by atoms with van der Waals surface area (Å²) in [4.78, 5) is 60.7. The van der Waals surface area contributed by atoms with Crippen molar-refractivity contribution < 1.29 is 111 Å². The summed E-state index contributed by atoms with van der Waals surface area (Å²) >= 11 is 0. The van der Waals surface area contributed by atoms with E-state index in [4.69, 9.17) is 94.6 Å². The largest absolute Gasteiger partial charge is 0.756 e. The monoisotopic (exact) mass is 1100 g/mol. The lowest BCUT2D eigenvalue weighted by molar-refractivity contribution is -0.644. The molecule has 13 atom stereocenters. The van der Waals surface area contributed by atoms with Crippen molar-refractivity contribution in [3.05, 3.63) is 24.8 Å². The van der Waals surface area contributed by atoms with E-state index < -0.39 is 104 Å². The Morgan fingerprint density at radius 3 is 1.89 bits per heavy atom. The third-order valence-electron chi connectivity index (χ3n) is 8.69. The highest BCUT2D eigenvalue weighted by atomic mass is 32.0. The lowest BCUT2D eigenvalue weighted by Gasteiger charge is -2.24. The number of nitrogens with zero attached hydrogens (tertiary/aromatic N) is 7. The Hall–Kier alpha value is -4.52. The van der Waals surface area contributed by atoms with Crippen LogP contribution in [0.3, 0.4) is 0 Å². The van der Waals surface area contributed by atoms with Crippen molar-refractivity contribution in [1.29, 1.82) is 5.16 Å². The zero-order valence-electron chi connectivity index (χ0n) is 35.2. The van der Waals surface area contributed by atoms with E-state index in [1.165, 1.54) is 17.2 Å². The second kappa shape index (κ2) is 29.1. The first-order valence-corrected chi connectivity index (χ1v) is 24.2. The third-order valence-corrected chi connectivity index (χ3v) is 9.44. The lowest BCUT2D eigenvalue weighted by Crippen LogP contribution is -2.41. The number of terminal acetylenes is 3. The molecular weight excluding hydrogens is 1060 g/mol. The summed E-state index contributed by atoms with van der Waals surface area (Å²) in [6.07, 6.45) is 10.2. The van der Waals surface area contributed by atoms with E-state index in [1.807, 2.05) is 5.92 Å². The molecule has 7 rings (SSSR count). The maximum absolute atomic E-state index is 13.3. The Labute approximate surface area is 397 Å². The molecule has 14 N–H and O–H groups in total. The van der Waals surface area contributed by atoms with Crippen molar-refractivity contribution >= 4 is 75.3 Å². The number of phosphoric ester groups is 1. The molecule has 3 fully saturated rings. The molecule has 7 heterocycles. The van der Waals surface area contributed by atoms with Crippen LogP contribution in [0.15, 0.2) is 12.7 Å². The van der Waals surface area contributed by atoms with Crippen molar-refractivity contribution in [1.82, 2.24) is 39.5 Å². The molecule has 0 amide bonds. The normalized spacial score (nSPS) is 27.4. The highest BCUT2D eigenvalue weighted by Gasteiger charge is 2.49. The Balaban J connectivity index is 0.000000443. The van der Waals surface area contributed by atoms with E-state index >= 15 is 0 Å². The smallest absolute Gasteiger partial charge is 0.521 e. The van der Waals surface area contributed by atoms with Crippen LogP contribution in [-0.4, -0.2) is 141 Å². The molecule has 0 radical (unpaired) electrons. The van der Waals surface area contributed by atoms with Crippen molar-refractivity contribution in [2.45, 2.75) is 80.1 Å². The molecule has 0 aromatic carbocycles. The highest BCUT2D eigenvalue weighted by Crippen LogP contribution is 2.40. The highest BCUT2D eigenvalue weighted by molar-refractivity contribution is 7.96. The van der Waals surface area contributed by atoms with Crippen molar-refractivity contribution in [3.63, 3.8) is 0 Å². The molecule has 0 bridgehead atoms. The molecule has 3 aliphatic rings. The van der Waals surface area contributed by atoms with Crippen LogP contribution in [0.25, 0.3) is 22.3 Å². The average Bonchev–Trinajstić information content (AvgIpc) is 4.12. The van der Waals surface area contributed by atoms with Crippen molar-refractivity contribution in [3.8, 4) is 37.0 Å². The number of ether oxygens (including phenoxy) is 3. The summed E-state index contributed by atoms with van der Waals surface area (Å²) in [5, 5.41) is 77.5. The summed E-state index contributed by atoms with van der Waals surface area (Å²) in [5.74, 6) is 6.53. The van der Waals surface area contributed by atoms with Crippen LogP contribution in [0.5, 0.6) is 0 Å². The van der Waals surface area contributed by atoms with Crippen LogP contribution in [0.4, 0.5) is 20.4 Å². The summed E-state index contributed by atoms with van der Waals surface area (Å²) in [6, 6.07) is 0. The van der Waals surface area contributed by atoms with Gasteiger partial charge in [-0.2, -0.15) is 28.7 Å². The van der Waals surface area contributed by atoms with Gasteiger partial charge >= 0.3 is 28.7 Å². The Kier molecular flexibility index (Phi) is 26.4. The molecule has 39 heteroatoms. The third kappa shape index (κ3) is 18.6. The SMILES string of the molecule is C#C[C@]1(C)OC(O)C[C@@H]1O.C#C[C@]1(CO)OC(OP(=O)([O-])O)C[C@@H]1O.C#C[C@]1(CO)O[C@@H](n2cnc3c(N)nc(F)nc32)C[C@@H]1O.N=PP.Nc1nc(F)nc2nc[nH]c12.O=[P+]([O-])OO.O=[P+]([O-])O[O-]. The fraction of sp³-hybridized carbons (Fsp3) is 0.484. The van der Waals surface area contributed by atoms with Crippen molar-refractivity contribution in [2.24, 2.45) is 0 Å². The Morgan fingerprint density at radius 2 is 1.47 bits per heavy atom. The summed E-state index contributed by atoms with van der Waals surface area (Å²) in [7, 11) is -8.35. The molecule has 4 aromatic heterocycles. The van der Waals surface area contributed by atoms with Gasteiger partial charge in [-0.25, -0.2) is 19.9 Å². The number of fused-ring (bicyclic) bond motifs is 2. The number of hydrogen-bond acceptors (Lipinski definition) is 29. The molecule has 3 saturated heterocycles. The number of aliphatic hydroxyl groups excluding tert-OH is 6. The number of nitrogens with one attached hydrogen (secondary N) is 2. The first kappa shape index (κ1) is 63.5. The predicted molar refractivity (Wildman–Crippen MR) is 225 cm³/mol. The molecule has 4 aromatic rings. The quantitative estimate of drug-likeness (QED) is 0.0275. The van der Waals surface area contributed by atoms with Gasteiger partial charge < -0.3 is 86.1 Å². The minimum absolute atomic E-state index is 0.0741. The maximum atomic E-state index is 13.3. The van der Waals surface area contributed by atoms with Crippen molar-refractivity contribution in [2.75, 3.05) is 24.7 Å². The van der Waals surface area contributed by atoms with Crippen LogP contribution in [0, 0.1) is 54.3 Å². The van der Waals surface area contributed by atoms with E-state index in [0.29, 0.717) is 13.6 Å². The molecular formula is C31H40F2N11O21P5-2. The number of nitrogen functional groups attached to an aromatic ring is 2. The van der Waals surface area contributed by atoms with Crippen LogP contribution >= 0.6 is 41.3 Å². The van der Waals surface area contributed by atoms with Gasteiger partial charge in [0.05, 0.1) is 32.0 Å². The van der Waals surface area contributed by atoms with Crippen LogP contribution in [0.2, 0.25) is 0 Å². The molecule has 0 saturated carbocycles. The van der Waals surface area contributed by atoms with Crippen LogP contribution < -0.4 is 31.4 Å². The van der Waals surface area contributed by atoms with Gasteiger partial charge in [-0.05, 0) is 16.1 Å². The Bertz CT molecular complexity index is 2540. The topological polar surface area (TPSA) is 535 Å². The average molecular weight is 1100 g/mol. The molecule has 0 aliphatic carbocycles. The minimum atomic E-state index is -4.96. The van der Waals surface area contributed by atoms with Crippen LogP contribution in [0.1, 0.15) is 32.4 Å². The lowest BCUT2D eigenvalue weighted by atomic mass is 9.99. The Morgan fingerprint density at radius 1 is 0.957 bits per heavy atom. The number of imidazole rings is 2. The maximum Gasteiger partial charge on any atom is 0.521 e.